The lowest BCUT2D eigenvalue weighted by atomic mass is 10.2. The van der Waals surface area contributed by atoms with Crippen LogP contribution in [0.15, 0.2) is 53.4 Å². The van der Waals surface area contributed by atoms with Crippen molar-refractivity contribution in [2.75, 3.05) is 19.1 Å². The molecule has 2 aromatic carbocycles. The van der Waals surface area contributed by atoms with E-state index in [1.807, 2.05) is 24.3 Å². The zero-order valence-corrected chi connectivity index (χ0v) is 15.0. The Morgan fingerprint density at radius 2 is 1.96 bits per heavy atom. The number of ether oxygens (including phenoxy) is 1. The number of carbonyl (C=O) groups is 1. The third kappa shape index (κ3) is 4.00. The molecule has 0 spiro atoms. The summed E-state index contributed by atoms with van der Waals surface area (Å²) in [6.45, 7) is 0.242. The van der Waals surface area contributed by atoms with Crippen LogP contribution < -0.4 is 10.1 Å². The molecule has 1 amide bonds. The van der Waals surface area contributed by atoms with Gasteiger partial charge in [-0.1, -0.05) is 42.2 Å². The lowest BCUT2D eigenvalue weighted by Gasteiger charge is -2.16. The number of rotatable bonds is 5. The second-order valence-corrected chi connectivity index (χ2v) is 6.87. The Labute approximate surface area is 154 Å². The summed E-state index contributed by atoms with van der Waals surface area (Å²) in [5, 5.41) is 3.14. The third-order valence-electron chi connectivity index (χ3n) is 3.60. The van der Waals surface area contributed by atoms with E-state index in [4.69, 9.17) is 17.0 Å². The molecule has 1 aliphatic rings. The molecule has 1 heterocycles. The number of amides is 1. The molecular formula is C18H15FN2O2S2. The van der Waals surface area contributed by atoms with Gasteiger partial charge < -0.3 is 10.1 Å². The number of thioether (sulfide) groups is 1. The average Bonchev–Trinajstić information content (AvgIpc) is 2.89. The van der Waals surface area contributed by atoms with E-state index in [-0.39, 0.29) is 18.4 Å². The van der Waals surface area contributed by atoms with Crippen molar-refractivity contribution in [3.05, 3.63) is 64.8 Å². The fourth-order valence-corrected chi connectivity index (χ4v) is 3.49. The van der Waals surface area contributed by atoms with E-state index in [9.17, 15) is 9.18 Å². The highest BCUT2D eigenvalue weighted by molar-refractivity contribution is 8.26. The first-order valence-electron chi connectivity index (χ1n) is 7.46. The first kappa shape index (κ1) is 17.4. The number of methoxy groups -OCH3 is 1. The van der Waals surface area contributed by atoms with Crippen molar-refractivity contribution in [1.82, 2.24) is 4.90 Å². The molecule has 0 radical (unpaired) electrons. The molecule has 1 fully saturated rings. The van der Waals surface area contributed by atoms with E-state index in [1.54, 1.807) is 25.3 Å². The molecule has 1 N–H and O–H groups in total. The van der Waals surface area contributed by atoms with Gasteiger partial charge in [0.05, 0.1) is 18.7 Å². The summed E-state index contributed by atoms with van der Waals surface area (Å²) in [5.41, 5.74) is 1.21. The summed E-state index contributed by atoms with van der Waals surface area (Å²) in [5.74, 6) is 0.146. The summed E-state index contributed by atoms with van der Waals surface area (Å²) in [6.07, 6.45) is 1.53. The van der Waals surface area contributed by atoms with Gasteiger partial charge in [-0.25, -0.2) is 4.39 Å². The number of nitrogens with one attached hydrogen (secondary N) is 1. The smallest absolute Gasteiger partial charge is 0.267 e. The molecule has 0 unspecified atom stereocenters. The van der Waals surface area contributed by atoms with E-state index in [2.05, 4.69) is 5.32 Å². The lowest BCUT2D eigenvalue weighted by molar-refractivity contribution is -0.121. The second-order valence-electron chi connectivity index (χ2n) is 5.19. The van der Waals surface area contributed by atoms with Gasteiger partial charge >= 0.3 is 0 Å². The molecule has 3 rings (SSSR count). The highest BCUT2D eigenvalue weighted by atomic mass is 32.2. The molecular weight excluding hydrogens is 359 g/mol. The van der Waals surface area contributed by atoms with Gasteiger partial charge in [0.25, 0.3) is 5.91 Å². The van der Waals surface area contributed by atoms with E-state index in [0.717, 1.165) is 11.4 Å². The number of carbonyl (C=O) groups excluding carboxylic acids is 1. The summed E-state index contributed by atoms with van der Waals surface area (Å²) in [6, 6.07) is 13.7. The molecule has 0 saturated carbocycles. The number of anilines is 1. The zero-order chi connectivity index (χ0) is 17.8. The van der Waals surface area contributed by atoms with Gasteiger partial charge in [-0.3, -0.25) is 9.69 Å². The van der Waals surface area contributed by atoms with Gasteiger partial charge in [0, 0.05) is 11.3 Å². The van der Waals surface area contributed by atoms with Crippen LogP contribution in [0.4, 0.5) is 10.1 Å². The molecule has 4 nitrogen and oxygen atoms in total. The standard InChI is InChI=1S/C18H15FN2O2S2/c1-23-14-8-6-13(7-9-14)20-11-21-17(22)16(25-18(21)24)10-12-4-2-3-5-15(12)19/h2-10,20H,11H2,1H3/b16-10-. The van der Waals surface area contributed by atoms with Crippen molar-refractivity contribution in [1.29, 1.82) is 0 Å². The van der Waals surface area contributed by atoms with E-state index in [1.165, 1.54) is 28.8 Å². The van der Waals surface area contributed by atoms with Crippen molar-refractivity contribution in [2.24, 2.45) is 0 Å². The van der Waals surface area contributed by atoms with Crippen LogP contribution in [0.3, 0.4) is 0 Å². The minimum Gasteiger partial charge on any atom is -0.497 e. The Balaban J connectivity index is 1.70. The van der Waals surface area contributed by atoms with Crippen LogP contribution in [0.25, 0.3) is 6.08 Å². The third-order valence-corrected chi connectivity index (χ3v) is 4.97. The molecule has 1 aliphatic heterocycles. The number of benzene rings is 2. The Hall–Kier alpha value is -2.38. The van der Waals surface area contributed by atoms with Gasteiger partial charge in [0.1, 0.15) is 15.9 Å². The highest BCUT2D eigenvalue weighted by Crippen LogP contribution is 2.32. The van der Waals surface area contributed by atoms with Crippen LogP contribution in [-0.2, 0) is 4.79 Å². The zero-order valence-electron chi connectivity index (χ0n) is 13.4. The molecule has 1 saturated heterocycles. The molecule has 2 aromatic rings. The fourth-order valence-electron chi connectivity index (χ4n) is 2.25. The predicted molar refractivity (Wildman–Crippen MR) is 103 cm³/mol. The second kappa shape index (κ2) is 7.67. The Morgan fingerprint density at radius 1 is 1.24 bits per heavy atom. The molecule has 0 aliphatic carbocycles. The first-order chi connectivity index (χ1) is 12.1. The Bertz CT molecular complexity index is 837. The van der Waals surface area contributed by atoms with Crippen molar-refractivity contribution in [3.8, 4) is 5.75 Å². The monoisotopic (exact) mass is 374 g/mol. The molecule has 7 heteroatoms. The van der Waals surface area contributed by atoms with Crippen LogP contribution in [0.2, 0.25) is 0 Å². The molecule has 0 aromatic heterocycles. The largest absolute Gasteiger partial charge is 0.497 e. The van der Waals surface area contributed by atoms with Crippen molar-refractivity contribution >= 4 is 46.0 Å². The molecule has 0 atom stereocenters. The van der Waals surface area contributed by atoms with Crippen LogP contribution in [0.1, 0.15) is 5.56 Å². The fraction of sp³-hybridized carbons (Fsp3) is 0.111. The summed E-state index contributed by atoms with van der Waals surface area (Å²) in [4.78, 5) is 14.4. The van der Waals surface area contributed by atoms with Crippen LogP contribution in [0.5, 0.6) is 5.75 Å². The number of thiocarbonyl (C=S) groups is 1. The van der Waals surface area contributed by atoms with Crippen molar-refractivity contribution in [3.63, 3.8) is 0 Å². The van der Waals surface area contributed by atoms with Crippen molar-refractivity contribution in [2.45, 2.75) is 0 Å². The van der Waals surface area contributed by atoms with Gasteiger partial charge in [-0.05, 0) is 36.4 Å². The maximum atomic E-state index is 13.8. The minimum atomic E-state index is -0.371. The number of halogens is 1. The highest BCUT2D eigenvalue weighted by Gasteiger charge is 2.31. The molecule has 128 valence electrons. The lowest BCUT2D eigenvalue weighted by Crippen LogP contribution is -2.33. The van der Waals surface area contributed by atoms with Gasteiger partial charge in [-0.2, -0.15) is 0 Å². The van der Waals surface area contributed by atoms with Crippen LogP contribution >= 0.6 is 24.0 Å². The van der Waals surface area contributed by atoms with E-state index < -0.39 is 0 Å². The average molecular weight is 374 g/mol. The van der Waals surface area contributed by atoms with Gasteiger partial charge in [0.15, 0.2) is 0 Å². The maximum absolute atomic E-state index is 13.8. The number of hydrogen-bond donors (Lipinski definition) is 1. The van der Waals surface area contributed by atoms with Gasteiger partial charge in [-0.15, -0.1) is 0 Å². The van der Waals surface area contributed by atoms with Crippen molar-refractivity contribution < 1.29 is 13.9 Å². The number of hydrogen-bond acceptors (Lipinski definition) is 5. The topological polar surface area (TPSA) is 41.6 Å². The first-order valence-corrected chi connectivity index (χ1v) is 8.69. The summed E-state index contributed by atoms with van der Waals surface area (Å²) >= 11 is 6.44. The van der Waals surface area contributed by atoms with Crippen LogP contribution in [0, 0.1) is 5.82 Å². The van der Waals surface area contributed by atoms with E-state index in [0.29, 0.717) is 14.8 Å². The summed E-state index contributed by atoms with van der Waals surface area (Å²) in [7, 11) is 1.60. The minimum absolute atomic E-state index is 0.237. The van der Waals surface area contributed by atoms with Gasteiger partial charge in [0.2, 0.25) is 0 Å². The molecule has 25 heavy (non-hydrogen) atoms. The maximum Gasteiger partial charge on any atom is 0.267 e. The quantitative estimate of drug-likeness (QED) is 0.630. The Kier molecular flexibility index (Phi) is 5.35. The molecule has 0 bridgehead atoms. The Morgan fingerprint density at radius 3 is 2.64 bits per heavy atom. The number of nitrogens with zero attached hydrogens (tertiary/aromatic N) is 1. The SMILES string of the molecule is COc1ccc(NCN2C(=O)/C(=C/c3ccccc3F)SC2=S)cc1. The van der Waals surface area contributed by atoms with Crippen LogP contribution in [-0.4, -0.2) is 28.9 Å². The normalized spacial score (nSPS) is 15.8. The summed E-state index contributed by atoms with van der Waals surface area (Å²) < 4.78 is 19.3. The van der Waals surface area contributed by atoms with E-state index >= 15 is 0 Å². The predicted octanol–water partition coefficient (Wildman–Crippen LogP) is 4.11.